The minimum Gasteiger partial charge on any atom is -0.481 e. The van der Waals surface area contributed by atoms with Crippen LogP contribution < -0.4 is 11.1 Å². The first-order valence-corrected chi connectivity index (χ1v) is 27.6. The lowest BCUT2D eigenvalue weighted by atomic mass is 9.28. The van der Waals surface area contributed by atoms with Crippen LogP contribution in [0.2, 0.25) is 0 Å². The number of amides is 1. The molecule has 2 saturated heterocycles. The standard InChI is InChI=1S/C55H88N4O13/c1-6-29-21-54(49(69)70)19-18-50(2,26-61)22-36(54)34-13-14-40-52(4,53(29,34)5)17-16-39-51(3,27-62)46(72-48-45(67)44(66)38(63)25-71-48)43(65)35(55(39,40)30-10-8-7-9-11-30)20-32-33(24-60)47(68)59-42(32)31(12-15-41(56)64)37-23-57-28-58-37/h13,23,28-33,35-36,38-46,48,60-67H,6-12,14-22,24-27,56H2,1-5H3,(H,57,58)(H,59,68)(H,69,70). The number of carbonyl (C=O) groups excluding carboxylic acids is 1. The number of nitrogens with zero attached hydrogens (tertiary/aromatic N) is 1. The summed E-state index contributed by atoms with van der Waals surface area (Å²) in [7, 11) is 0. The average Bonchev–Trinajstić information content (AvgIpc) is 4.01. The van der Waals surface area contributed by atoms with Crippen LogP contribution in [0.3, 0.4) is 0 Å². The maximum Gasteiger partial charge on any atom is 0.310 e. The second-order valence-corrected chi connectivity index (χ2v) is 25.5. The molecule has 0 spiro atoms. The molecular formula is C55H88N4O13. The van der Waals surface area contributed by atoms with Crippen LogP contribution in [-0.2, 0) is 19.1 Å². The first kappa shape index (κ1) is 54.2. The highest BCUT2D eigenvalue weighted by Crippen LogP contribution is 2.80. The van der Waals surface area contributed by atoms with E-state index in [1.54, 1.807) is 12.5 Å². The minimum absolute atomic E-state index is 0.00538. The van der Waals surface area contributed by atoms with Crippen LogP contribution in [-0.4, -0.2) is 143 Å². The summed E-state index contributed by atoms with van der Waals surface area (Å²) in [5.74, 6) is -4.23. The van der Waals surface area contributed by atoms with Crippen molar-refractivity contribution in [1.29, 1.82) is 0 Å². The van der Waals surface area contributed by atoms with Gasteiger partial charge in [0.1, 0.15) is 24.5 Å². The molecule has 13 N–H and O–H groups in total. The predicted octanol–water partition coefficient (Wildman–Crippen LogP) is 3.71. The van der Waals surface area contributed by atoms with E-state index < -0.39 is 118 Å². The fourth-order valence-electron chi connectivity index (χ4n) is 18.8. The molecule has 17 nitrogen and oxygen atoms in total. The molecule has 8 aliphatic rings. The molecule has 9 rings (SSSR count). The summed E-state index contributed by atoms with van der Waals surface area (Å²) in [6, 6.07) is -0.585. The number of aromatic nitrogens is 2. The minimum atomic E-state index is -1.67. The molecule has 22 atom stereocenters. The van der Waals surface area contributed by atoms with Gasteiger partial charge in [-0.1, -0.05) is 72.0 Å². The van der Waals surface area contributed by atoms with Crippen molar-refractivity contribution in [3.05, 3.63) is 29.9 Å². The highest BCUT2D eigenvalue weighted by Gasteiger charge is 2.77. The van der Waals surface area contributed by atoms with Crippen molar-refractivity contribution < 1.29 is 65.0 Å². The first-order chi connectivity index (χ1) is 34.2. The number of ether oxygens (including phenoxy) is 2. The van der Waals surface area contributed by atoms with Crippen LogP contribution >= 0.6 is 0 Å². The van der Waals surface area contributed by atoms with E-state index in [-0.39, 0.29) is 68.2 Å². The van der Waals surface area contributed by atoms with E-state index in [1.807, 2.05) is 6.92 Å². The smallest absolute Gasteiger partial charge is 0.310 e. The van der Waals surface area contributed by atoms with E-state index in [0.29, 0.717) is 44.9 Å². The van der Waals surface area contributed by atoms with Crippen LogP contribution in [0.1, 0.15) is 149 Å². The van der Waals surface area contributed by atoms with E-state index >= 15 is 0 Å². The van der Waals surface area contributed by atoms with Gasteiger partial charge in [-0.3, -0.25) is 9.59 Å². The highest BCUT2D eigenvalue weighted by molar-refractivity contribution is 5.82. The van der Waals surface area contributed by atoms with Gasteiger partial charge >= 0.3 is 5.97 Å². The third-order valence-corrected chi connectivity index (χ3v) is 22.6. The lowest BCUT2D eigenvalue weighted by Crippen LogP contribution is -2.75. The Balaban J connectivity index is 1.26. The number of nitrogens with one attached hydrogen (secondary N) is 2. The number of carbonyl (C=O) groups is 2. The van der Waals surface area contributed by atoms with Gasteiger partial charge in [0.2, 0.25) is 5.91 Å². The Morgan fingerprint density at radius 3 is 2.31 bits per heavy atom. The topological polar surface area (TPSA) is 301 Å². The summed E-state index contributed by atoms with van der Waals surface area (Å²) >= 11 is 0. The van der Waals surface area contributed by atoms with Crippen molar-refractivity contribution >= 4 is 11.9 Å². The Kier molecular flexibility index (Phi) is 15.1. The molecule has 3 heterocycles. The Bertz CT molecular complexity index is 2120. The lowest BCUT2D eigenvalue weighted by molar-refractivity contribution is -0.351. The third kappa shape index (κ3) is 8.13. The average molecular weight is 1010 g/mol. The molecule has 17 heteroatoms. The Labute approximate surface area is 425 Å². The number of allylic oxidation sites excluding steroid dienone is 2. The van der Waals surface area contributed by atoms with Gasteiger partial charge in [0.05, 0.1) is 49.7 Å². The van der Waals surface area contributed by atoms with E-state index in [4.69, 9.17) is 15.2 Å². The van der Waals surface area contributed by atoms with Gasteiger partial charge in [-0.2, -0.15) is 0 Å². The zero-order valence-electron chi connectivity index (χ0n) is 43.4. The maximum atomic E-state index is 14.4. The van der Waals surface area contributed by atoms with Crippen LogP contribution in [0.4, 0.5) is 0 Å². The number of fused-ring (bicyclic) bond motifs is 7. The number of hydrogen-bond donors (Lipinski definition) is 12. The lowest BCUT2D eigenvalue weighted by Gasteiger charge is -2.77. The monoisotopic (exact) mass is 1010 g/mol. The molecule has 1 aromatic rings. The second kappa shape index (κ2) is 20.1. The van der Waals surface area contributed by atoms with E-state index in [1.165, 1.54) is 5.57 Å². The summed E-state index contributed by atoms with van der Waals surface area (Å²) in [6.07, 6.45) is 6.48. The number of aliphatic hydroxyl groups is 8. The number of rotatable bonds is 15. The van der Waals surface area contributed by atoms with Gasteiger partial charge in [0, 0.05) is 35.9 Å². The van der Waals surface area contributed by atoms with Gasteiger partial charge < -0.3 is 71.5 Å². The molecule has 0 bridgehead atoms. The zero-order valence-corrected chi connectivity index (χ0v) is 43.4. The molecule has 2 aliphatic heterocycles. The predicted molar refractivity (Wildman–Crippen MR) is 264 cm³/mol. The zero-order chi connectivity index (χ0) is 51.9. The second-order valence-electron chi connectivity index (χ2n) is 25.5. The van der Waals surface area contributed by atoms with Crippen LogP contribution in [0, 0.1) is 79.8 Å². The quantitative estimate of drug-likeness (QED) is 0.0678. The Morgan fingerprint density at radius 2 is 1.68 bits per heavy atom. The van der Waals surface area contributed by atoms with Crippen LogP contribution in [0.25, 0.3) is 0 Å². The number of carboxylic acids is 1. The number of aliphatic hydroxyl groups excluding tert-OH is 8. The molecule has 1 amide bonds. The highest BCUT2D eigenvalue weighted by atomic mass is 16.7. The third-order valence-electron chi connectivity index (χ3n) is 22.6. The number of nitrogens with two attached hydrogens (primary N) is 1. The van der Waals surface area contributed by atoms with Gasteiger partial charge in [0.25, 0.3) is 0 Å². The van der Waals surface area contributed by atoms with E-state index in [9.17, 15) is 55.5 Å². The molecule has 22 unspecified atom stereocenters. The Morgan fingerprint density at radius 1 is 0.944 bits per heavy atom. The number of hydrogen-bond acceptors (Lipinski definition) is 14. The molecule has 6 aliphatic carbocycles. The normalized spacial score (nSPS) is 48.3. The van der Waals surface area contributed by atoms with Crippen molar-refractivity contribution in [3.63, 3.8) is 0 Å². The molecule has 5 saturated carbocycles. The summed E-state index contributed by atoms with van der Waals surface area (Å²) < 4.78 is 12.7. The molecular weight excluding hydrogens is 925 g/mol. The van der Waals surface area contributed by atoms with Gasteiger partial charge in [0.15, 0.2) is 6.29 Å². The van der Waals surface area contributed by atoms with Crippen molar-refractivity contribution in [2.45, 2.75) is 192 Å². The van der Waals surface area contributed by atoms with Crippen LogP contribution in [0.15, 0.2) is 24.2 Å². The molecule has 72 heavy (non-hydrogen) atoms. The van der Waals surface area contributed by atoms with Crippen molar-refractivity contribution in [2.75, 3.05) is 26.4 Å². The van der Waals surface area contributed by atoms with Crippen molar-refractivity contribution in [2.24, 2.45) is 85.6 Å². The number of aromatic amines is 1. The van der Waals surface area contributed by atoms with Gasteiger partial charge in [-0.25, -0.2) is 4.98 Å². The van der Waals surface area contributed by atoms with E-state index in [2.05, 4.69) is 49.1 Å². The number of imidazole rings is 1. The van der Waals surface area contributed by atoms with Crippen molar-refractivity contribution in [3.8, 4) is 0 Å². The summed E-state index contributed by atoms with van der Waals surface area (Å²) in [4.78, 5) is 35.8. The maximum absolute atomic E-state index is 14.4. The number of carboxylic acid groups (broad SMARTS) is 1. The fourth-order valence-corrected chi connectivity index (χ4v) is 18.8. The van der Waals surface area contributed by atoms with Crippen molar-refractivity contribution in [1.82, 2.24) is 15.3 Å². The SMILES string of the molecule is CCC1CC2(C(=O)O)CCC(C)(CO)CC2C2=CCC3C4(C5CCCCC5)C(CC5C(CO)C(=O)NC5C(CCC(N)O)c5cnc[nH]5)C(O)C(OC5OCC(O)C(O)C5O)C(C)(CO)C4CCC3(C)C21C. The Hall–Kier alpha value is -2.55. The summed E-state index contributed by atoms with van der Waals surface area (Å²) in [5, 5.41) is 106. The summed E-state index contributed by atoms with van der Waals surface area (Å²) in [5.41, 5.74) is 3.62. The van der Waals surface area contributed by atoms with Gasteiger partial charge in [-0.05, 0) is 140 Å². The molecule has 0 radical (unpaired) electrons. The molecule has 406 valence electrons. The number of aliphatic carboxylic acids is 1. The molecule has 7 fully saturated rings. The molecule has 1 aromatic heterocycles. The van der Waals surface area contributed by atoms with Crippen LogP contribution in [0.5, 0.6) is 0 Å². The fraction of sp³-hybridized carbons (Fsp3) is 0.873. The number of H-pyrrole nitrogens is 1. The molecule has 0 aromatic carbocycles. The first-order valence-electron chi connectivity index (χ1n) is 27.6. The largest absolute Gasteiger partial charge is 0.481 e. The van der Waals surface area contributed by atoms with E-state index in [0.717, 1.165) is 50.6 Å². The van der Waals surface area contributed by atoms with Gasteiger partial charge in [-0.15, -0.1) is 0 Å². The summed E-state index contributed by atoms with van der Waals surface area (Å²) in [6.45, 7) is 9.90.